The molecule has 4 aliphatic carbocycles. The monoisotopic (exact) mass is 394 g/mol. The summed E-state index contributed by atoms with van der Waals surface area (Å²) >= 11 is 0. The lowest BCUT2D eigenvalue weighted by Crippen LogP contribution is -2.57. The number of hydrogen-bond donors (Lipinski definition) is 2. The quantitative estimate of drug-likeness (QED) is 0.803. The van der Waals surface area contributed by atoms with Gasteiger partial charge in [-0.05, 0) is 67.9 Å². The van der Waals surface area contributed by atoms with Crippen LogP contribution in [-0.2, 0) is 22.2 Å². The van der Waals surface area contributed by atoms with Gasteiger partial charge in [0, 0.05) is 11.8 Å². The molecule has 3 N–H and O–H groups in total. The molecule has 0 spiro atoms. The van der Waals surface area contributed by atoms with Crippen molar-refractivity contribution in [3.8, 4) is 0 Å². The average molecular weight is 394 g/mol. The van der Waals surface area contributed by atoms with E-state index in [2.05, 4.69) is 5.32 Å². The lowest BCUT2D eigenvalue weighted by atomic mass is 9.49. The van der Waals surface area contributed by atoms with E-state index in [4.69, 9.17) is 5.73 Å². The number of halogens is 3. The second-order valence-electron chi connectivity index (χ2n) is 9.03. The van der Waals surface area contributed by atoms with Crippen LogP contribution in [0.15, 0.2) is 24.3 Å². The van der Waals surface area contributed by atoms with Gasteiger partial charge in [0.1, 0.15) is 6.04 Å². The van der Waals surface area contributed by atoms with Gasteiger partial charge < -0.3 is 11.1 Å². The molecule has 1 aromatic carbocycles. The van der Waals surface area contributed by atoms with Crippen molar-refractivity contribution in [2.24, 2.45) is 28.9 Å². The summed E-state index contributed by atoms with van der Waals surface area (Å²) in [5, 5.41) is 2.79. The lowest BCUT2D eigenvalue weighted by molar-refractivity contribution is -0.148. The van der Waals surface area contributed by atoms with Crippen LogP contribution < -0.4 is 11.1 Å². The molecule has 7 heteroatoms. The predicted octanol–water partition coefficient (Wildman–Crippen LogP) is 3.43. The summed E-state index contributed by atoms with van der Waals surface area (Å²) in [6, 6.07) is 3.80. The molecule has 1 aromatic rings. The number of amides is 2. The van der Waals surface area contributed by atoms with Crippen molar-refractivity contribution >= 4 is 11.8 Å². The first-order chi connectivity index (χ1) is 13.1. The number of nitrogens with one attached hydrogen (secondary N) is 1. The highest BCUT2D eigenvalue weighted by Crippen LogP contribution is 2.60. The van der Waals surface area contributed by atoms with Crippen molar-refractivity contribution in [2.75, 3.05) is 0 Å². The zero-order valence-electron chi connectivity index (χ0n) is 15.6. The van der Waals surface area contributed by atoms with Crippen LogP contribution in [0.4, 0.5) is 13.2 Å². The minimum atomic E-state index is -4.46. The van der Waals surface area contributed by atoms with Crippen molar-refractivity contribution in [1.29, 1.82) is 0 Å². The predicted molar refractivity (Wildman–Crippen MR) is 96.9 cm³/mol. The van der Waals surface area contributed by atoms with Gasteiger partial charge in [-0.15, -0.1) is 0 Å². The molecule has 5 rings (SSSR count). The zero-order valence-corrected chi connectivity index (χ0v) is 15.6. The highest BCUT2D eigenvalue weighted by molar-refractivity contribution is 5.90. The molecule has 152 valence electrons. The van der Waals surface area contributed by atoms with Gasteiger partial charge in [-0.1, -0.05) is 18.2 Å². The zero-order chi connectivity index (χ0) is 20.1. The third-order valence-corrected chi connectivity index (χ3v) is 6.86. The molecule has 0 aromatic heterocycles. The molecule has 0 aliphatic heterocycles. The maximum absolute atomic E-state index is 13.1. The first-order valence-corrected chi connectivity index (χ1v) is 9.91. The summed E-state index contributed by atoms with van der Waals surface area (Å²) in [6.07, 6.45) is 1.61. The van der Waals surface area contributed by atoms with Gasteiger partial charge in [0.2, 0.25) is 11.8 Å². The van der Waals surface area contributed by atoms with E-state index >= 15 is 0 Å². The van der Waals surface area contributed by atoms with Crippen molar-refractivity contribution in [1.82, 2.24) is 5.32 Å². The standard InChI is InChI=1S/C21H25F3N2O2/c22-21(23,24)16-3-1-2-12(7-16)8-17(18(25)27)26-19(28)20-9-13-4-14(10-20)6-15(5-13)11-20/h1-3,7,13-15,17H,4-6,8-11H2,(H2,25,27)(H,26,28)/t13?,14?,15?,17-,20?/m1/s1. The van der Waals surface area contributed by atoms with Crippen LogP contribution >= 0.6 is 0 Å². The van der Waals surface area contributed by atoms with Crippen LogP contribution in [0.25, 0.3) is 0 Å². The fraction of sp³-hybridized carbons (Fsp3) is 0.619. The fourth-order valence-corrected chi connectivity index (χ4v) is 6.03. The first kappa shape index (κ1) is 19.3. The second-order valence-corrected chi connectivity index (χ2v) is 9.03. The van der Waals surface area contributed by atoms with E-state index in [-0.39, 0.29) is 12.3 Å². The summed E-state index contributed by atoms with van der Waals surface area (Å²) in [6.45, 7) is 0. The van der Waals surface area contributed by atoms with Gasteiger partial charge in [0.15, 0.2) is 0 Å². The minimum Gasteiger partial charge on any atom is -0.368 e. The summed E-state index contributed by atoms with van der Waals surface area (Å²) < 4.78 is 38.8. The van der Waals surface area contributed by atoms with E-state index in [0.717, 1.165) is 31.4 Å². The van der Waals surface area contributed by atoms with Gasteiger partial charge in [-0.25, -0.2) is 0 Å². The van der Waals surface area contributed by atoms with Crippen molar-refractivity contribution in [3.63, 3.8) is 0 Å². The topological polar surface area (TPSA) is 72.2 Å². The summed E-state index contributed by atoms with van der Waals surface area (Å²) in [7, 11) is 0. The molecule has 4 aliphatic rings. The number of alkyl halides is 3. The van der Waals surface area contributed by atoms with Gasteiger partial charge >= 0.3 is 6.18 Å². The van der Waals surface area contributed by atoms with Crippen LogP contribution in [0.1, 0.15) is 49.7 Å². The average Bonchev–Trinajstić information content (AvgIpc) is 2.59. The number of carbonyl (C=O) groups excluding carboxylic acids is 2. The Kier molecular flexibility index (Phi) is 4.67. The van der Waals surface area contributed by atoms with Crippen molar-refractivity contribution < 1.29 is 22.8 Å². The Morgan fingerprint density at radius 1 is 1.11 bits per heavy atom. The lowest BCUT2D eigenvalue weighted by Gasteiger charge is -2.55. The maximum atomic E-state index is 13.1. The molecule has 28 heavy (non-hydrogen) atoms. The van der Waals surface area contributed by atoms with Crippen molar-refractivity contribution in [3.05, 3.63) is 35.4 Å². The Bertz CT molecular complexity index is 755. The first-order valence-electron chi connectivity index (χ1n) is 9.91. The van der Waals surface area contributed by atoms with Crippen LogP contribution in [0.2, 0.25) is 0 Å². The van der Waals surface area contributed by atoms with E-state index in [0.29, 0.717) is 23.3 Å². The molecule has 0 unspecified atom stereocenters. The van der Waals surface area contributed by atoms with Crippen LogP contribution in [0, 0.1) is 23.2 Å². The van der Waals surface area contributed by atoms with Gasteiger partial charge in [0.25, 0.3) is 0 Å². The molecule has 4 saturated carbocycles. The normalized spacial score (nSPS) is 32.2. The highest BCUT2D eigenvalue weighted by Gasteiger charge is 2.54. The number of nitrogens with two attached hydrogens (primary N) is 1. The Hall–Kier alpha value is -2.05. The third kappa shape index (κ3) is 3.63. The van der Waals surface area contributed by atoms with E-state index in [1.54, 1.807) is 0 Å². The van der Waals surface area contributed by atoms with E-state index in [1.165, 1.54) is 31.4 Å². The summed E-state index contributed by atoms with van der Waals surface area (Å²) in [5.74, 6) is 0.852. The van der Waals surface area contributed by atoms with Gasteiger partial charge in [-0.3, -0.25) is 9.59 Å². The maximum Gasteiger partial charge on any atom is 0.416 e. The molecule has 0 heterocycles. The number of benzene rings is 1. The van der Waals surface area contributed by atoms with Gasteiger partial charge in [0.05, 0.1) is 5.56 Å². The molecule has 4 nitrogen and oxygen atoms in total. The Balaban J connectivity index is 1.49. The second kappa shape index (κ2) is 6.78. The van der Waals surface area contributed by atoms with E-state index in [1.807, 2.05) is 0 Å². The molecule has 4 fully saturated rings. The molecule has 1 atom stereocenters. The van der Waals surface area contributed by atoms with Crippen molar-refractivity contribution in [2.45, 2.75) is 57.2 Å². The number of primary amides is 1. The van der Waals surface area contributed by atoms with Gasteiger partial charge in [-0.2, -0.15) is 13.2 Å². The SMILES string of the molecule is NC(=O)[C@@H](Cc1cccc(C(F)(F)F)c1)NC(=O)C12CC3CC(CC(C3)C1)C2. The number of rotatable bonds is 5. The molecule has 4 bridgehead atoms. The summed E-state index contributed by atoms with van der Waals surface area (Å²) in [4.78, 5) is 25.1. The van der Waals surface area contributed by atoms with Crippen LogP contribution in [-0.4, -0.2) is 17.9 Å². The van der Waals surface area contributed by atoms with E-state index < -0.39 is 29.1 Å². The Morgan fingerprint density at radius 3 is 2.18 bits per heavy atom. The smallest absolute Gasteiger partial charge is 0.368 e. The Morgan fingerprint density at radius 2 is 1.68 bits per heavy atom. The summed E-state index contributed by atoms with van der Waals surface area (Å²) in [5.41, 5.74) is 4.58. The molecular weight excluding hydrogens is 369 g/mol. The Labute approximate surface area is 162 Å². The molecule has 2 amide bonds. The molecule has 0 saturated heterocycles. The van der Waals surface area contributed by atoms with Crippen LogP contribution in [0.5, 0.6) is 0 Å². The highest BCUT2D eigenvalue weighted by atomic mass is 19.4. The number of carbonyl (C=O) groups is 2. The minimum absolute atomic E-state index is 0.0443. The molecule has 0 radical (unpaired) electrons. The molecular formula is C21H25F3N2O2. The number of hydrogen-bond acceptors (Lipinski definition) is 2. The largest absolute Gasteiger partial charge is 0.416 e. The van der Waals surface area contributed by atoms with E-state index in [9.17, 15) is 22.8 Å². The third-order valence-electron chi connectivity index (χ3n) is 6.86. The fourth-order valence-electron chi connectivity index (χ4n) is 6.03. The van der Waals surface area contributed by atoms with Crippen LogP contribution in [0.3, 0.4) is 0 Å².